The average Bonchev–Trinajstić information content (AvgIpc) is 3.71. The molecule has 1 aromatic carbocycles. The SMILES string of the molecule is Cc1noc(C2CCC(C(=O)N(C)[C@H](c3ccc(Nc4cnc5cccnc5c4C4CC4)cc3)C(F)(F)F)CC2)n1. The molecule has 4 aromatic rings. The molecule has 2 fully saturated rings. The van der Waals surface area contributed by atoms with Gasteiger partial charge >= 0.3 is 6.18 Å². The minimum absolute atomic E-state index is 0.00893. The topological polar surface area (TPSA) is 97.0 Å². The number of carbonyl (C=O) groups is 1. The van der Waals surface area contributed by atoms with Gasteiger partial charge in [0.05, 0.1) is 22.9 Å². The molecule has 8 nitrogen and oxygen atoms in total. The predicted molar refractivity (Wildman–Crippen MR) is 147 cm³/mol. The Hall–Kier alpha value is -4.02. The fraction of sp³-hybridized carbons (Fsp3) is 0.433. The highest BCUT2D eigenvalue weighted by Gasteiger charge is 2.46. The van der Waals surface area contributed by atoms with Gasteiger partial charge < -0.3 is 14.7 Å². The number of alkyl halides is 3. The summed E-state index contributed by atoms with van der Waals surface area (Å²) in [6, 6.07) is 7.81. The van der Waals surface area contributed by atoms with E-state index in [9.17, 15) is 18.0 Å². The maximum atomic E-state index is 14.4. The van der Waals surface area contributed by atoms with Crippen LogP contribution in [0.25, 0.3) is 11.0 Å². The molecule has 6 rings (SSSR count). The summed E-state index contributed by atoms with van der Waals surface area (Å²) >= 11 is 0. The highest BCUT2D eigenvalue weighted by Crippen LogP contribution is 2.46. The van der Waals surface area contributed by atoms with Gasteiger partial charge in [0.25, 0.3) is 0 Å². The highest BCUT2D eigenvalue weighted by molar-refractivity contribution is 5.85. The maximum Gasteiger partial charge on any atom is 0.413 e. The van der Waals surface area contributed by atoms with Crippen molar-refractivity contribution in [3.8, 4) is 0 Å². The van der Waals surface area contributed by atoms with Gasteiger partial charge in [0, 0.05) is 36.3 Å². The van der Waals surface area contributed by atoms with Crippen LogP contribution in [-0.4, -0.2) is 44.1 Å². The largest absolute Gasteiger partial charge is 0.413 e. The summed E-state index contributed by atoms with van der Waals surface area (Å²) in [5, 5.41) is 7.15. The van der Waals surface area contributed by atoms with Crippen LogP contribution < -0.4 is 5.32 Å². The Kier molecular flexibility index (Phi) is 7.13. The summed E-state index contributed by atoms with van der Waals surface area (Å²) in [6.45, 7) is 1.74. The van der Waals surface area contributed by atoms with Crippen LogP contribution in [0.15, 0.2) is 53.3 Å². The average molecular weight is 565 g/mol. The first-order valence-corrected chi connectivity index (χ1v) is 13.9. The van der Waals surface area contributed by atoms with Crippen molar-refractivity contribution < 1.29 is 22.5 Å². The van der Waals surface area contributed by atoms with Crippen LogP contribution in [0.3, 0.4) is 0 Å². The molecule has 1 N–H and O–H groups in total. The second-order valence-electron chi connectivity index (χ2n) is 11.1. The molecule has 2 aliphatic rings. The van der Waals surface area contributed by atoms with E-state index in [2.05, 4.69) is 25.4 Å². The fourth-order valence-electron chi connectivity index (χ4n) is 5.94. The van der Waals surface area contributed by atoms with E-state index in [1.165, 1.54) is 19.2 Å². The molecule has 214 valence electrons. The van der Waals surface area contributed by atoms with E-state index in [0.717, 1.165) is 40.0 Å². The van der Waals surface area contributed by atoms with Crippen molar-refractivity contribution in [3.05, 3.63) is 71.6 Å². The molecule has 0 aliphatic heterocycles. The van der Waals surface area contributed by atoms with Crippen molar-refractivity contribution in [2.45, 2.75) is 69.5 Å². The lowest BCUT2D eigenvalue weighted by atomic mass is 9.81. The first-order chi connectivity index (χ1) is 19.7. The van der Waals surface area contributed by atoms with Crippen molar-refractivity contribution in [2.24, 2.45) is 5.92 Å². The monoisotopic (exact) mass is 564 g/mol. The zero-order chi connectivity index (χ0) is 28.7. The van der Waals surface area contributed by atoms with Crippen LogP contribution in [0, 0.1) is 12.8 Å². The number of benzene rings is 1. The fourth-order valence-corrected chi connectivity index (χ4v) is 5.94. The summed E-state index contributed by atoms with van der Waals surface area (Å²) in [7, 11) is 1.25. The standard InChI is InChI=1S/C30H31F3N6O2/c1-17-36-28(41-38-17)20-7-9-21(10-8-20)29(40)39(2)27(30(31,32)33)19-11-13-22(14-12-19)37-24-16-35-23-4-3-15-34-26(23)25(24)18-5-6-18/h3-4,11-16,18,20-21,27,37H,5-10H2,1-2H3/t20?,21?,27-/m1/s1. The van der Waals surface area contributed by atoms with E-state index < -0.39 is 24.0 Å². The van der Waals surface area contributed by atoms with Crippen molar-refractivity contribution >= 4 is 28.3 Å². The van der Waals surface area contributed by atoms with Crippen LogP contribution >= 0.6 is 0 Å². The van der Waals surface area contributed by atoms with Gasteiger partial charge in [-0.15, -0.1) is 0 Å². The normalized spacial score (nSPS) is 20.1. The number of rotatable bonds is 7. The number of anilines is 2. The first-order valence-electron chi connectivity index (χ1n) is 13.9. The molecule has 0 saturated heterocycles. The summed E-state index contributed by atoms with van der Waals surface area (Å²) < 4.78 is 48.3. The third-order valence-corrected chi connectivity index (χ3v) is 8.17. The number of hydrogen-bond donors (Lipinski definition) is 1. The number of halogens is 3. The number of carbonyl (C=O) groups excluding carboxylic acids is 1. The number of aromatic nitrogens is 4. The number of hydrogen-bond acceptors (Lipinski definition) is 7. The number of nitrogens with zero attached hydrogens (tertiary/aromatic N) is 5. The molecule has 41 heavy (non-hydrogen) atoms. The second kappa shape index (κ2) is 10.8. The Bertz CT molecular complexity index is 1540. The second-order valence-corrected chi connectivity index (χ2v) is 11.1. The van der Waals surface area contributed by atoms with E-state index in [1.807, 2.05) is 12.1 Å². The van der Waals surface area contributed by atoms with Crippen LogP contribution in [0.4, 0.5) is 24.5 Å². The van der Waals surface area contributed by atoms with Gasteiger partial charge in [0.15, 0.2) is 11.9 Å². The molecule has 2 saturated carbocycles. The van der Waals surface area contributed by atoms with E-state index in [0.29, 0.717) is 49.0 Å². The molecular formula is C30H31F3N6O2. The van der Waals surface area contributed by atoms with Crippen molar-refractivity contribution in [2.75, 3.05) is 12.4 Å². The van der Waals surface area contributed by atoms with Crippen molar-refractivity contribution in [1.82, 2.24) is 25.0 Å². The number of fused-ring (bicyclic) bond motifs is 1. The molecule has 0 unspecified atom stereocenters. The van der Waals surface area contributed by atoms with Gasteiger partial charge in [-0.2, -0.15) is 18.2 Å². The Morgan fingerprint density at radius 2 is 1.73 bits per heavy atom. The van der Waals surface area contributed by atoms with Crippen LogP contribution in [0.1, 0.15) is 79.2 Å². The first kappa shape index (κ1) is 27.2. The van der Waals surface area contributed by atoms with Crippen LogP contribution in [0.5, 0.6) is 0 Å². The smallest absolute Gasteiger partial charge is 0.354 e. The van der Waals surface area contributed by atoms with Crippen molar-refractivity contribution in [1.29, 1.82) is 0 Å². The van der Waals surface area contributed by atoms with E-state index in [-0.39, 0.29) is 11.5 Å². The van der Waals surface area contributed by atoms with Crippen LogP contribution in [0.2, 0.25) is 0 Å². The number of amides is 1. The number of aryl methyl sites for hydroxylation is 1. The third-order valence-electron chi connectivity index (χ3n) is 8.17. The third kappa shape index (κ3) is 5.62. The van der Waals surface area contributed by atoms with E-state index in [4.69, 9.17) is 4.52 Å². The molecule has 1 amide bonds. The molecular weight excluding hydrogens is 533 g/mol. The van der Waals surface area contributed by atoms with Gasteiger partial charge in [0.2, 0.25) is 11.8 Å². The molecule has 11 heteroatoms. The van der Waals surface area contributed by atoms with E-state index >= 15 is 0 Å². The summed E-state index contributed by atoms with van der Waals surface area (Å²) in [5.41, 5.74) is 4.19. The molecule has 1 atom stereocenters. The van der Waals surface area contributed by atoms with Gasteiger partial charge in [-0.3, -0.25) is 14.8 Å². The van der Waals surface area contributed by atoms with E-state index in [1.54, 1.807) is 31.5 Å². The number of nitrogens with one attached hydrogen (secondary N) is 1. The molecule has 0 spiro atoms. The zero-order valence-corrected chi connectivity index (χ0v) is 22.9. The van der Waals surface area contributed by atoms with Crippen LogP contribution in [-0.2, 0) is 4.79 Å². The lowest BCUT2D eigenvalue weighted by Gasteiger charge is -2.35. The number of pyridine rings is 2. The van der Waals surface area contributed by atoms with Gasteiger partial charge in [-0.1, -0.05) is 17.3 Å². The molecule has 0 radical (unpaired) electrons. The lowest BCUT2D eigenvalue weighted by molar-refractivity contribution is -0.191. The molecule has 2 aliphatic carbocycles. The molecule has 0 bridgehead atoms. The van der Waals surface area contributed by atoms with Crippen molar-refractivity contribution in [3.63, 3.8) is 0 Å². The maximum absolute atomic E-state index is 14.4. The lowest BCUT2D eigenvalue weighted by Crippen LogP contribution is -2.43. The minimum atomic E-state index is -4.63. The van der Waals surface area contributed by atoms with Gasteiger partial charge in [0.1, 0.15) is 0 Å². The quantitative estimate of drug-likeness (QED) is 0.259. The summed E-state index contributed by atoms with van der Waals surface area (Å²) in [6.07, 6.45) is 3.17. The Morgan fingerprint density at radius 3 is 2.37 bits per heavy atom. The molecule has 3 aromatic heterocycles. The zero-order valence-electron chi connectivity index (χ0n) is 22.9. The van der Waals surface area contributed by atoms with Gasteiger partial charge in [-0.25, -0.2) is 0 Å². The summed E-state index contributed by atoms with van der Waals surface area (Å²) in [5.74, 6) is 0.500. The van der Waals surface area contributed by atoms with Gasteiger partial charge in [-0.05, 0) is 81.2 Å². The molecule has 3 heterocycles. The Morgan fingerprint density at radius 1 is 1.02 bits per heavy atom. The minimum Gasteiger partial charge on any atom is -0.354 e. The summed E-state index contributed by atoms with van der Waals surface area (Å²) in [4.78, 5) is 27.4. The Balaban J connectivity index is 1.17. The Labute approximate surface area is 235 Å². The highest BCUT2D eigenvalue weighted by atomic mass is 19.4. The predicted octanol–water partition coefficient (Wildman–Crippen LogP) is 6.98.